The number of benzene rings is 2. The first-order valence-electron chi connectivity index (χ1n) is 6.81. The van der Waals surface area contributed by atoms with Crippen LogP contribution in [-0.4, -0.2) is 18.3 Å². The van der Waals surface area contributed by atoms with Crippen molar-refractivity contribution in [2.75, 3.05) is 13.2 Å². The van der Waals surface area contributed by atoms with Crippen LogP contribution in [0.5, 0.6) is 5.75 Å². The third-order valence-corrected chi connectivity index (χ3v) is 3.28. The second-order valence-electron chi connectivity index (χ2n) is 4.68. The molecule has 1 N–H and O–H groups in total. The molecule has 0 aromatic heterocycles. The first kappa shape index (κ1) is 14.5. The van der Waals surface area contributed by atoms with Crippen LogP contribution < -0.4 is 4.74 Å². The molecule has 0 radical (unpaired) electrons. The Morgan fingerprint density at radius 3 is 2.40 bits per heavy atom. The van der Waals surface area contributed by atoms with E-state index in [9.17, 15) is 9.50 Å². The van der Waals surface area contributed by atoms with Crippen LogP contribution in [0.25, 0.3) is 0 Å². The quantitative estimate of drug-likeness (QED) is 0.873. The zero-order valence-corrected chi connectivity index (χ0v) is 11.6. The van der Waals surface area contributed by atoms with Crippen molar-refractivity contribution in [2.45, 2.75) is 19.3 Å². The summed E-state index contributed by atoms with van der Waals surface area (Å²) in [6.45, 7) is 2.50. The molecule has 1 unspecified atom stereocenters. The van der Waals surface area contributed by atoms with Crippen LogP contribution in [0.3, 0.4) is 0 Å². The smallest absolute Gasteiger partial charge is 0.126 e. The molecule has 1 atom stereocenters. The van der Waals surface area contributed by atoms with Crippen LogP contribution in [-0.2, 0) is 6.42 Å². The fourth-order valence-corrected chi connectivity index (χ4v) is 2.25. The topological polar surface area (TPSA) is 29.5 Å². The van der Waals surface area contributed by atoms with Crippen LogP contribution in [0.15, 0.2) is 48.5 Å². The van der Waals surface area contributed by atoms with Crippen LogP contribution in [0.4, 0.5) is 4.39 Å². The van der Waals surface area contributed by atoms with Gasteiger partial charge in [0.15, 0.2) is 0 Å². The lowest BCUT2D eigenvalue weighted by molar-refractivity contribution is 0.261. The number of rotatable bonds is 6. The van der Waals surface area contributed by atoms with Gasteiger partial charge < -0.3 is 9.84 Å². The second-order valence-corrected chi connectivity index (χ2v) is 4.68. The summed E-state index contributed by atoms with van der Waals surface area (Å²) in [5, 5.41) is 9.51. The summed E-state index contributed by atoms with van der Waals surface area (Å²) in [6, 6.07) is 14.3. The number of ether oxygens (including phenoxy) is 1. The molecule has 2 aromatic carbocycles. The van der Waals surface area contributed by atoms with Crippen molar-refractivity contribution in [3.63, 3.8) is 0 Å². The van der Waals surface area contributed by atoms with E-state index in [0.717, 1.165) is 11.3 Å². The molecule has 2 nitrogen and oxygen atoms in total. The zero-order chi connectivity index (χ0) is 14.4. The lowest BCUT2D eigenvalue weighted by atomic mass is 9.92. The predicted molar refractivity (Wildman–Crippen MR) is 77.5 cm³/mol. The molecular weight excluding hydrogens is 255 g/mol. The summed E-state index contributed by atoms with van der Waals surface area (Å²) in [5.74, 6) is 0.328. The van der Waals surface area contributed by atoms with Crippen molar-refractivity contribution in [1.82, 2.24) is 0 Å². The van der Waals surface area contributed by atoms with E-state index in [-0.39, 0.29) is 18.3 Å². The fourth-order valence-electron chi connectivity index (χ4n) is 2.25. The van der Waals surface area contributed by atoms with Gasteiger partial charge in [-0.1, -0.05) is 30.3 Å². The van der Waals surface area contributed by atoms with Crippen LogP contribution in [0, 0.1) is 5.82 Å². The van der Waals surface area contributed by atoms with Crippen molar-refractivity contribution >= 4 is 0 Å². The Morgan fingerprint density at radius 1 is 1.10 bits per heavy atom. The molecule has 0 saturated heterocycles. The summed E-state index contributed by atoms with van der Waals surface area (Å²) in [4.78, 5) is 0. The first-order chi connectivity index (χ1) is 9.74. The number of halogens is 1. The van der Waals surface area contributed by atoms with Crippen molar-refractivity contribution in [3.05, 3.63) is 65.5 Å². The Morgan fingerprint density at radius 2 is 1.80 bits per heavy atom. The maximum atomic E-state index is 13.8. The molecule has 0 fully saturated rings. The predicted octanol–water partition coefficient (Wildman–Crippen LogP) is 3.54. The SMILES string of the molecule is CCOc1ccc(CC(CO)c2ccccc2F)cc1. The lowest BCUT2D eigenvalue weighted by Crippen LogP contribution is -2.09. The Hall–Kier alpha value is -1.87. The van der Waals surface area contributed by atoms with Gasteiger partial charge in [-0.3, -0.25) is 0 Å². The average molecular weight is 274 g/mol. The first-order valence-corrected chi connectivity index (χ1v) is 6.81. The van der Waals surface area contributed by atoms with Gasteiger partial charge in [0.2, 0.25) is 0 Å². The van der Waals surface area contributed by atoms with E-state index in [0.29, 0.717) is 18.6 Å². The van der Waals surface area contributed by atoms with E-state index in [1.165, 1.54) is 6.07 Å². The van der Waals surface area contributed by atoms with E-state index in [1.54, 1.807) is 18.2 Å². The highest BCUT2D eigenvalue weighted by Gasteiger charge is 2.15. The average Bonchev–Trinajstić information content (AvgIpc) is 2.48. The van der Waals surface area contributed by atoms with Gasteiger partial charge >= 0.3 is 0 Å². The molecular formula is C17H19FO2. The standard InChI is InChI=1S/C17H19FO2/c1-2-20-15-9-7-13(8-10-15)11-14(12-19)16-5-3-4-6-17(16)18/h3-10,14,19H,2,11-12H2,1H3. The van der Waals surface area contributed by atoms with Gasteiger partial charge in [0, 0.05) is 5.92 Å². The lowest BCUT2D eigenvalue weighted by Gasteiger charge is -2.15. The third-order valence-electron chi connectivity index (χ3n) is 3.28. The molecule has 3 heteroatoms. The van der Waals surface area contributed by atoms with E-state index in [2.05, 4.69) is 0 Å². The molecule has 20 heavy (non-hydrogen) atoms. The Bertz CT molecular complexity index is 537. The fraction of sp³-hybridized carbons (Fsp3) is 0.294. The van der Waals surface area contributed by atoms with Crippen molar-refractivity contribution in [2.24, 2.45) is 0 Å². The minimum absolute atomic E-state index is 0.0753. The van der Waals surface area contributed by atoms with Crippen molar-refractivity contribution < 1.29 is 14.2 Å². The normalized spacial score (nSPS) is 12.2. The molecule has 0 saturated carbocycles. The minimum atomic E-state index is -0.266. The molecule has 2 rings (SSSR count). The molecule has 2 aromatic rings. The monoisotopic (exact) mass is 274 g/mol. The molecule has 0 aliphatic heterocycles. The third kappa shape index (κ3) is 3.58. The Kier molecular flexibility index (Phi) is 5.13. The highest BCUT2D eigenvalue weighted by molar-refractivity contribution is 5.30. The van der Waals surface area contributed by atoms with Gasteiger partial charge in [-0.25, -0.2) is 4.39 Å². The molecule has 0 heterocycles. The zero-order valence-electron chi connectivity index (χ0n) is 11.6. The number of hydrogen-bond donors (Lipinski definition) is 1. The number of aliphatic hydroxyl groups excluding tert-OH is 1. The minimum Gasteiger partial charge on any atom is -0.494 e. The summed E-state index contributed by atoms with van der Waals surface area (Å²) < 4.78 is 19.1. The molecule has 0 aliphatic carbocycles. The van der Waals surface area contributed by atoms with Gasteiger partial charge in [-0.05, 0) is 42.7 Å². The Balaban J connectivity index is 2.12. The van der Waals surface area contributed by atoms with E-state index < -0.39 is 0 Å². The summed E-state index contributed by atoms with van der Waals surface area (Å²) >= 11 is 0. The van der Waals surface area contributed by atoms with Crippen LogP contribution >= 0.6 is 0 Å². The maximum absolute atomic E-state index is 13.8. The number of aliphatic hydroxyl groups is 1. The highest BCUT2D eigenvalue weighted by atomic mass is 19.1. The highest BCUT2D eigenvalue weighted by Crippen LogP contribution is 2.24. The van der Waals surface area contributed by atoms with Crippen molar-refractivity contribution in [1.29, 1.82) is 0 Å². The van der Waals surface area contributed by atoms with Crippen LogP contribution in [0.1, 0.15) is 24.0 Å². The molecule has 0 amide bonds. The summed E-state index contributed by atoms with van der Waals surface area (Å²) in [5.41, 5.74) is 1.61. The summed E-state index contributed by atoms with van der Waals surface area (Å²) in [6.07, 6.45) is 0.601. The van der Waals surface area contributed by atoms with Gasteiger partial charge in [-0.2, -0.15) is 0 Å². The maximum Gasteiger partial charge on any atom is 0.126 e. The van der Waals surface area contributed by atoms with E-state index in [4.69, 9.17) is 4.74 Å². The number of hydrogen-bond acceptors (Lipinski definition) is 2. The molecule has 0 bridgehead atoms. The second kappa shape index (κ2) is 7.06. The van der Waals surface area contributed by atoms with E-state index >= 15 is 0 Å². The summed E-state index contributed by atoms with van der Waals surface area (Å²) in [7, 11) is 0. The van der Waals surface area contributed by atoms with Gasteiger partial charge in [0.05, 0.1) is 13.2 Å². The van der Waals surface area contributed by atoms with Gasteiger partial charge in [-0.15, -0.1) is 0 Å². The van der Waals surface area contributed by atoms with E-state index in [1.807, 2.05) is 31.2 Å². The van der Waals surface area contributed by atoms with Gasteiger partial charge in [0.1, 0.15) is 11.6 Å². The Labute approximate surface area is 118 Å². The molecule has 106 valence electrons. The van der Waals surface area contributed by atoms with Crippen LogP contribution in [0.2, 0.25) is 0 Å². The molecule has 0 aliphatic rings. The van der Waals surface area contributed by atoms with Crippen molar-refractivity contribution in [3.8, 4) is 5.75 Å². The molecule has 0 spiro atoms. The van der Waals surface area contributed by atoms with Gasteiger partial charge in [0.25, 0.3) is 0 Å². The largest absolute Gasteiger partial charge is 0.494 e.